The number of alkyl halides is 1. The summed E-state index contributed by atoms with van der Waals surface area (Å²) in [5.41, 5.74) is 1.57. The van der Waals surface area contributed by atoms with Crippen LogP contribution in [0, 0.1) is 0 Å². The van der Waals surface area contributed by atoms with Crippen LogP contribution in [0.25, 0.3) is 5.57 Å². The zero-order valence-corrected chi connectivity index (χ0v) is 21.0. The Morgan fingerprint density at radius 1 is 0.833 bits per heavy atom. The predicted octanol–water partition coefficient (Wildman–Crippen LogP) is 6.24. The minimum Gasteiger partial charge on any atom is -0.478 e. The number of aliphatic carboxylic acids is 2. The maximum Gasteiger partial charge on any atom is 0.333 e. The predicted molar refractivity (Wildman–Crippen MR) is 135 cm³/mol. The molecule has 2 aromatic carbocycles. The highest BCUT2D eigenvalue weighted by molar-refractivity contribution is 14.1. The molecule has 0 heterocycles. The molecule has 2 N–H and O–H groups in total. The molecule has 2 atom stereocenters. The first-order valence-corrected chi connectivity index (χ1v) is 11.8. The molecule has 0 aromatic heterocycles. The van der Waals surface area contributed by atoms with Crippen LogP contribution in [0.4, 0.5) is 0 Å². The fraction of sp³-hybridized carbons (Fsp3) is 0.250. The number of allylic oxidation sites excluding steroid dienone is 2. The van der Waals surface area contributed by atoms with Crippen molar-refractivity contribution in [1.29, 1.82) is 0 Å². The van der Waals surface area contributed by atoms with Gasteiger partial charge < -0.3 is 10.2 Å². The van der Waals surface area contributed by atoms with Crippen LogP contribution in [0.15, 0.2) is 75.4 Å². The van der Waals surface area contributed by atoms with Gasteiger partial charge in [-0.2, -0.15) is 0 Å². The van der Waals surface area contributed by atoms with E-state index in [2.05, 4.69) is 22.6 Å². The summed E-state index contributed by atoms with van der Waals surface area (Å²) in [5, 5.41) is 20.8. The second-order valence-corrected chi connectivity index (χ2v) is 10.1. The Morgan fingerprint density at radius 3 is 1.77 bits per heavy atom. The topological polar surface area (TPSA) is 74.6 Å². The maximum absolute atomic E-state index is 12.7. The van der Waals surface area contributed by atoms with E-state index in [0.29, 0.717) is 27.6 Å². The zero-order valence-electron chi connectivity index (χ0n) is 16.7. The van der Waals surface area contributed by atoms with Crippen LogP contribution in [0.2, 0.25) is 0 Å². The number of carbonyl (C=O) groups is 2. The molecule has 6 heteroatoms. The molecule has 0 saturated heterocycles. The first-order chi connectivity index (χ1) is 14.3. The Morgan fingerprint density at radius 2 is 1.33 bits per heavy atom. The minimum atomic E-state index is -1.02. The molecular weight excluding hydrogens is 606 g/mol. The van der Waals surface area contributed by atoms with Crippen LogP contribution >= 0.6 is 45.2 Å². The number of carboxylic acid groups (broad SMARTS) is 2. The number of benzene rings is 2. The van der Waals surface area contributed by atoms with E-state index >= 15 is 0 Å². The van der Waals surface area contributed by atoms with Crippen molar-refractivity contribution in [3.05, 3.63) is 86.5 Å². The molecule has 0 radical (unpaired) electrons. The van der Waals surface area contributed by atoms with Crippen LogP contribution < -0.4 is 0 Å². The lowest BCUT2D eigenvalue weighted by molar-refractivity contribution is -0.135. The van der Waals surface area contributed by atoms with Gasteiger partial charge in [-0.05, 0) is 46.6 Å². The van der Waals surface area contributed by atoms with Gasteiger partial charge in [-0.3, -0.25) is 0 Å². The summed E-state index contributed by atoms with van der Waals surface area (Å²) in [7, 11) is 0. The third-order valence-corrected chi connectivity index (χ3v) is 9.26. The first-order valence-electron chi connectivity index (χ1n) is 9.68. The molecule has 0 amide bonds. The maximum atomic E-state index is 12.7. The van der Waals surface area contributed by atoms with Crippen molar-refractivity contribution < 1.29 is 19.8 Å². The van der Waals surface area contributed by atoms with E-state index in [1.807, 2.05) is 97.1 Å². The van der Waals surface area contributed by atoms with Crippen molar-refractivity contribution in [3.8, 4) is 0 Å². The van der Waals surface area contributed by atoms with Crippen LogP contribution in [0.3, 0.4) is 0 Å². The van der Waals surface area contributed by atoms with Gasteiger partial charge in [0.05, 0.1) is 14.6 Å². The molecule has 0 spiro atoms. The summed E-state index contributed by atoms with van der Waals surface area (Å²) in [6.07, 6.45) is 0.926. The molecule has 2 aromatic rings. The van der Waals surface area contributed by atoms with Crippen LogP contribution in [0.5, 0.6) is 0 Å². The fourth-order valence-electron chi connectivity index (χ4n) is 4.70. The number of carboxylic acids is 2. The lowest BCUT2D eigenvalue weighted by Crippen LogP contribution is -2.54. The van der Waals surface area contributed by atoms with Crippen molar-refractivity contribution >= 4 is 62.7 Å². The smallest absolute Gasteiger partial charge is 0.333 e. The van der Waals surface area contributed by atoms with Crippen molar-refractivity contribution in [2.24, 2.45) is 0 Å². The van der Waals surface area contributed by atoms with Crippen LogP contribution in [-0.4, -0.2) is 25.6 Å². The van der Waals surface area contributed by atoms with Gasteiger partial charge in [0.25, 0.3) is 0 Å². The Balaban J connectivity index is 2.56. The van der Waals surface area contributed by atoms with E-state index in [1.54, 1.807) is 0 Å². The molecule has 0 fully saturated rings. The standard InChI is InChI=1S/C24H22I2O4/c1-3-23(16-13-9-6-10-14-16)19(22(29)30)20(25)17(15-11-7-5-8-12-15)18(21(27)28)24(23,26)4-2/h5-14H,3-4H2,1-2H3,(H,27,28)(H,29,30). The van der Waals surface area contributed by atoms with Crippen molar-refractivity contribution in [1.82, 2.24) is 0 Å². The lowest BCUT2D eigenvalue weighted by atomic mass is 9.57. The highest BCUT2D eigenvalue weighted by Gasteiger charge is 2.60. The Bertz CT molecular complexity index is 1040. The van der Waals surface area contributed by atoms with Gasteiger partial charge in [0, 0.05) is 14.6 Å². The van der Waals surface area contributed by atoms with Crippen molar-refractivity contribution in [2.75, 3.05) is 0 Å². The van der Waals surface area contributed by atoms with Gasteiger partial charge in [-0.25, -0.2) is 9.59 Å². The molecule has 3 rings (SSSR count). The van der Waals surface area contributed by atoms with Crippen LogP contribution in [-0.2, 0) is 15.0 Å². The molecule has 2 unspecified atom stereocenters. The van der Waals surface area contributed by atoms with E-state index in [1.165, 1.54) is 0 Å². The summed E-state index contributed by atoms with van der Waals surface area (Å²) in [6.45, 7) is 3.87. The zero-order chi connectivity index (χ0) is 22.1. The summed E-state index contributed by atoms with van der Waals surface area (Å²) in [6, 6.07) is 18.7. The molecule has 4 nitrogen and oxygen atoms in total. The molecule has 156 valence electrons. The third-order valence-electron chi connectivity index (χ3n) is 5.96. The second kappa shape index (κ2) is 8.82. The average Bonchev–Trinajstić information content (AvgIpc) is 2.75. The van der Waals surface area contributed by atoms with Crippen molar-refractivity contribution in [3.63, 3.8) is 0 Å². The number of hydrogen-bond acceptors (Lipinski definition) is 2. The van der Waals surface area contributed by atoms with E-state index in [4.69, 9.17) is 0 Å². The normalized spacial score (nSPS) is 24.1. The van der Waals surface area contributed by atoms with E-state index < -0.39 is 20.8 Å². The van der Waals surface area contributed by atoms with Crippen LogP contribution in [0.1, 0.15) is 37.8 Å². The number of hydrogen-bond donors (Lipinski definition) is 2. The largest absolute Gasteiger partial charge is 0.478 e. The van der Waals surface area contributed by atoms with Gasteiger partial charge in [-0.1, -0.05) is 97.1 Å². The Labute approximate surface area is 203 Å². The number of halogens is 2. The monoisotopic (exact) mass is 628 g/mol. The quantitative estimate of drug-likeness (QED) is 0.294. The molecule has 0 saturated carbocycles. The summed E-state index contributed by atoms with van der Waals surface area (Å²) >= 11 is 4.24. The van der Waals surface area contributed by atoms with E-state index in [-0.39, 0.29) is 11.1 Å². The third kappa shape index (κ3) is 3.32. The Kier molecular flexibility index (Phi) is 6.76. The summed E-state index contributed by atoms with van der Waals surface area (Å²) in [5.74, 6) is -2.03. The minimum absolute atomic E-state index is 0.261. The number of rotatable bonds is 6. The SMILES string of the molecule is CCC1(I)C(C(=O)O)=C(c2ccccc2)C(I)=C(C(=O)O)C1(CC)c1ccccc1. The van der Waals surface area contributed by atoms with E-state index in [9.17, 15) is 19.8 Å². The van der Waals surface area contributed by atoms with Gasteiger partial charge in [-0.15, -0.1) is 0 Å². The fourth-order valence-corrected chi connectivity index (χ4v) is 7.43. The van der Waals surface area contributed by atoms with Crippen molar-refractivity contribution in [2.45, 2.75) is 35.5 Å². The van der Waals surface area contributed by atoms with Gasteiger partial charge in [0.2, 0.25) is 0 Å². The highest BCUT2D eigenvalue weighted by Crippen LogP contribution is 2.62. The second-order valence-electron chi connectivity index (χ2n) is 7.19. The Hall–Kier alpha value is -1.68. The molecule has 0 bridgehead atoms. The van der Waals surface area contributed by atoms with Gasteiger partial charge >= 0.3 is 11.9 Å². The molecule has 0 aliphatic heterocycles. The van der Waals surface area contributed by atoms with E-state index in [0.717, 1.165) is 5.56 Å². The summed E-state index contributed by atoms with van der Waals surface area (Å²) in [4.78, 5) is 25.5. The van der Waals surface area contributed by atoms with Gasteiger partial charge in [0.15, 0.2) is 0 Å². The first kappa shape index (κ1) is 23.0. The summed E-state index contributed by atoms with van der Waals surface area (Å²) < 4.78 is -0.476. The average molecular weight is 628 g/mol. The lowest BCUT2D eigenvalue weighted by Gasteiger charge is -2.51. The molecular formula is C24H22I2O4. The molecule has 30 heavy (non-hydrogen) atoms. The molecule has 1 aliphatic rings. The highest BCUT2D eigenvalue weighted by atomic mass is 127. The van der Waals surface area contributed by atoms with Gasteiger partial charge in [0.1, 0.15) is 0 Å². The molecule has 1 aliphatic carbocycles.